The van der Waals surface area contributed by atoms with Crippen molar-refractivity contribution < 1.29 is 40.8 Å². The average molecular weight is 495 g/mol. The van der Waals surface area contributed by atoms with E-state index >= 15 is 0 Å². The minimum atomic E-state index is -4.80. The molecular formula is C17H16F3N3O7S2. The number of nitrogens with zero attached hydrogens (tertiary/aromatic N) is 1. The lowest BCUT2D eigenvalue weighted by molar-refractivity contribution is -0.384. The van der Waals surface area contributed by atoms with Gasteiger partial charge in [-0.3, -0.25) is 14.9 Å². The van der Waals surface area contributed by atoms with Crippen molar-refractivity contribution in [2.45, 2.75) is 12.6 Å². The first-order valence-electron chi connectivity index (χ1n) is 8.62. The quantitative estimate of drug-likeness (QED) is 0.309. The summed E-state index contributed by atoms with van der Waals surface area (Å²) in [5.74, 6) is -1.86. The molecule has 0 unspecified atom stereocenters. The largest absolute Gasteiger partial charge is 0.451 e. The third-order valence-corrected chi connectivity index (χ3v) is 5.58. The molecule has 0 aliphatic rings. The number of esters is 1. The summed E-state index contributed by atoms with van der Waals surface area (Å²) in [7, 11) is -3.35. The van der Waals surface area contributed by atoms with Gasteiger partial charge < -0.3 is 10.1 Å². The van der Waals surface area contributed by atoms with E-state index in [2.05, 4.69) is 4.72 Å². The maximum atomic E-state index is 12.7. The molecule has 0 saturated heterocycles. The average Bonchev–Trinajstić information content (AvgIpc) is 3.13. The molecule has 2 aromatic rings. The molecule has 1 heterocycles. The first-order valence-corrected chi connectivity index (χ1v) is 11.3. The van der Waals surface area contributed by atoms with Crippen LogP contribution in [0.25, 0.3) is 0 Å². The first kappa shape index (κ1) is 25.2. The summed E-state index contributed by atoms with van der Waals surface area (Å²) in [6.45, 7) is -0.706. The van der Waals surface area contributed by atoms with E-state index in [9.17, 15) is 41.3 Å². The van der Waals surface area contributed by atoms with Crippen LogP contribution in [0.3, 0.4) is 0 Å². The minimum absolute atomic E-state index is 0.127. The van der Waals surface area contributed by atoms with Gasteiger partial charge in [0.05, 0.1) is 16.7 Å². The Bertz CT molecular complexity index is 1130. The number of anilines is 1. The molecule has 0 aliphatic heterocycles. The lowest BCUT2D eigenvalue weighted by Gasteiger charge is -2.10. The normalized spacial score (nSPS) is 11.8. The highest BCUT2D eigenvalue weighted by Crippen LogP contribution is 2.34. The van der Waals surface area contributed by atoms with Crippen LogP contribution >= 0.6 is 11.3 Å². The molecule has 2 N–H and O–H groups in total. The highest BCUT2D eigenvalue weighted by molar-refractivity contribution is 7.88. The summed E-state index contributed by atoms with van der Waals surface area (Å²) in [6.07, 6.45) is -3.47. The van der Waals surface area contributed by atoms with Crippen LogP contribution in [-0.2, 0) is 32.2 Å². The van der Waals surface area contributed by atoms with Crippen LogP contribution < -0.4 is 10.0 Å². The molecule has 174 valence electrons. The molecule has 0 radical (unpaired) electrons. The number of nitro benzene ring substituents is 1. The number of carbonyl (C=O) groups excluding carboxylic acids is 2. The Labute approximate surface area is 183 Å². The number of nitrogens with one attached hydrogen (secondary N) is 2. The molecule has 0 aliphatic carbocycles. The fourth-order valence-corrected chi connectivity index (χ4v) is 3.71. The van der Waals surface area contributed by atoms with Gasteiger partial charge in [-0.15, -0.1) is 11.3 Å². The zero-order chi connectivity index (χ0) is 24.1. The van der Waals surface area contributed by atoms with Crippen LogP contribution in [0.5, 0.6) is 0 Å². The molecule has 1 aromatic heterocycles. The molecule has 1 amide bonds. The van der Waals surface area contributed by atoms with Gasteiger partial charge in [0, 0.05) is 17.5 Å². The number of alkyl halides is 3. The second-order valence-electron chi connectivity index (χ2n) is 6.29. The van der Waals surface area contributed by atoms with Gasteiger partial charge in [-0.05, 0) is 30.7 Å². The highest BCUT2D eigenvalue weighted by atomic mass is 32.2. The van der Waals surface area contributed by atoms with E-state index in [1.807, 2.05) is 5.32 Å². The maximum Gasteiger partial charge on any atom is 0.416 e. The van der Waals surface area contributed by atoms with E-state index in [-0.39, 0.29) is 17.5 Å². The number of hydrogen-bond donors (Lipinski definition) is 2. The fraction of sp³-hybridized carbons (Fsp3) is 0.294. The molecule has 2 rings (SSSR count). The van der Waals surface area contributed by atoms with Crippen molar-refractivity contribution >= 4 is 44.6 Å². The third kappa shape index (κ3) is 7.58. The number of sulfonamides is 1. The Hall–Kier alpha value is -3.04. The predicted octanol–water partition coefficient (Wildman–Crippen LogP) is 2.56. The van der Waals surface area contributed by atoms with Gasteiger partial charge in [0.25, 0.3) is 11.6 Å². The Balaban J connectivity index is 1.94. The molecule has 0 saturated carbocycles. The smallest absolute Gasteiger partial charge is 0.416 e. The molecule has 0 fully saturated rings. The standard InChI is InChI=1S/C17H16F3N3O7S2/c1-32(28,29)21-7-6-11-3-5-14(31-11)16(25)30-9-15(24)22-12-4-2-10(17(18,19)20)8-13(12)23(26)27/h2-5,8,21H,6-7,9H2,1H3,(H,22,24). The van der Waals surface area contributed by atoms with Gasteiger partial charge in [-0.25, -0.2) is 17.9 Å². The molecule has 10 nitrogen and oxygen atoms in total. The van der Waals surface area contributed by atoms with Gasteiger partial charge in [-0.2, -0.15) is 13.2 Å². The molecule has 32 heavy (non-hydrogen) atoms. The molecular weight excluding hydrogens is 479 g/mol. The Morgan fingerprint density at radius 3 is 2.50 bits per heavy atom. The van der Waals surface area contributed by atoms with Crippen molar-refractivity contribution in [3.63, 3.8) is 0 Å². The molecule has 0 spiro atoms. The van der Waals surface area contributed by atoms with E-state index in [1.165, 1.54) is 6.07 Å². The zero-order valence-corrected chi connectivity index (χ0v) is 17.9. The van der Waals surface area contributed by atoms with Crippen LogP contribution in [0.2, 0.25) is 0 Å². The zero-order valence-electron chi connectivity index (χ0n) is 16.3. The topological polar surface area (TPSA) is 145 Å². The van der Waals surface area contributed by atoms with Gasteiger partial charge in [0.15, 0.2) is 6.61 Å². The highest BCUT2D eigenvalue weighted by Gasteiger charge is 2.33. The monoisotopic (exact) mass is 495 g/mol. The maximum absolute atomic E-state index is 12.7. The van der Waals surface area contributed by atoms with Gasteiger partial charge in [-0.1, -0.05) is 0 Å². The number of benzene rings is 1. The molecule has 0 atom stereocenters. The number of rotatable bonds is 9. The van der Waals surface area contributed by atoms with Crippen LogP contribution in [0, 0.1) is 10.1 Å². The van der Waals surface area contributed by atoms with E-state index in [0.717, 1.165) is 23.7 Å². The third-order valence-electron chi connectivity index (χ3n) is 3.73. The van der Waals surface area contributed by atoms with E-state index in [0.29, 0.717) is 17.4 Å². The first-order chi connectivity index (χ1) is 14.8. The summed E-state index contributed by atoms with van der Waals surface area (Å²) >= 11 is 1.02. The second kappa shape index (κ2) is 10.1. The predicted molar refractivity (Wildman–Crippen MR) is 108 cm³/mol. The van der Waals surface area contributed by atoms with Crippen LogP contribution in [0.15, 0.2) is 30.3 Å². The van der Waals surface area contributed by atoms with Crippen molar-refractivity contribution in [2.24, 2.45) is 0 Å². The van der Waals surface area contributed by atoms with E-state index in [1.54, 1.807) is 6.07 Å². The fourth-order valence-electron chi connectivity index (χ4n) is 2.33. The number of halogens is 3. The van der Waals surface area contributed by atoms with E-state index < -0.39 is 56.5 Å². The van der Waals surface area contributed by atoms with Gasteiger partial charge in [0.1, 0.15) is 10.6 Å². The van der Waals surface area contributed by atoms with E-state index in [4.69, 9.17) is 4.74 Å². The van der Waals surface area contributed by atoms with Crippen LogP contribution in [0.4, 0.5) is 24.5 Å². The van der Waals surface area contributed by atoms with Crippen molar-refractivity contribution in [3.05, 3.63) is 55.8 Å². The number of hydrogen-bond acceptors (Lipinski definition) is 8. The van der Waals surface area contributed by atoms with Gasteiger partial charge in [0.2, 0.25) is 10.0 Å². The Kier molecular flexibility index (Phi) is 7.92. The number of thiophene rings is 1. The summed E-state index contributed by atoms with van der Waals surface area (Å²) < 4.78 is 67.3. The molecule has 0 bridgehead atoms. The second-order valence-corrected chi connectivity index (χ2v) is 9.29. The minimum Gasteiger partial charge on any atom is -0.451 e. The van der Waals surface area contributed by atoms with Crippen LogP contribution in [-0.4, -0.2) is 44.6 Å². The lowest BCUT2D eigenvalue weighted by atomic mass is 10.1. The van der Waals surface area contributed by atoms with Crippen LogP contribution in [0.1, 0.15) is 20.1 Å². The van der Waals surface area contributed by atoms with Crippen molar-refractivity contribution in [3.8, 4) is 0 Å². The Morgan fingerprint density at radius 2 is 1.91 bits per heavy atom. The summed E-state index contributed by atoms with van der Waals surface area (Å²) in [6, 6.07) is 4.59. The number of carbonyl (C=O) groups is 2. The SMILES string of the molecule is CS(=O)(=O)NCCc1ccc(C(=O)OCC(=O)Nc2ccc(C(F)(F)F)cc2[N+](=O)[O-])s1. The summed E-state index contributed by atoms with van der Waals surface area (Å²) in [5, 5.41) is 13.1. The van der Waals surface area contributed by atoms with Crippen molar-refractivity contribution in [1.82, 2.24) is 4.72 Å². The number of amides is 1. The van der Waals surface area contributed by atoms with Crippen molar-refractivity contribution in [2.75, 3.05) is 24.7 Å². The van der Waals surface area contributed by atoms with Crippen molar-refractivity contribution in [1.29, 1.82) is 0 Å². The summed E-state index contributed by atoms with van der Waals surface area (Å²) in [4.78, 5) is 34.8. The lowest BCUT2D eigenvalue weighted by Crippen LogP contribution is -2.24. The number of ether oxygens (including phenoxy) is 1. The summed E-state index contributed by atoms with van der Waals surface area (Å²) in [5.41, 5.74) is -2.71. The Morgan fingerprint density at radius 1 is 1.22 bits per heavy atom. The molecule has 1 aromatic carbocycles. The number of nitro groups is 1. The molecule has 15 heteroatoms. The van der Waals surface area contributed by atoms with Gasteiger partial charge >= 0.3 is 12.1 Å².